The van der Waals surface area contributed by atoms with Gasteiger partial charge >= 0.3 is 0 Å². The van der Waals surface area contributed by atoms with Crippen LogP contribution in [0.1, 0.15) is 30.5 Å². The highest BCUT2D eigenvalue weighted by Gasteiger charge is 2.37. The first-order valence-electron chi connectivity index (χ1n) is 16.7. The van der Waals surface area contributed by atoms with Crippen molar-refractivity contribution >= 4 is 38.0 Å². The second-order valence-corrected chi connectivity index (χ2v) is 13.4. The van der Waals surface area contributed by atoms with Gasteiger partial charge in [0.15, 0.2) is 0 Å². The number of fused-ring (bicyclic) bond motifs is 7. The first kappa shape index (κ1) is 28.4. The predicted octanol–water partition coefficient (Wildman–Crippen LogP) is 11.9. The van der Waals surface area contributed by atoms with Crippen LogP contribution in [0.5, 0.6) is 5.75 Å². The molecule has 0 spiro atoms. The molecule has 2 nitrogen and oxygen atoms in total. The molecule has 2 heteroatoms. The van der Waals surface area contributed by atoms with Gasteiger partial charge in [-0.1, -0.05) is 147 Å². The van der Waals surface area contributed by atoms with Crippen molar-refractivity contribution < 1.29 is 4.74 Å². The predicted molar refractivity (Wildman–Crippen MR) is 203 cm³/mol. The van der Waals surface area contributed by atoms with Crippen molar-refractivity contribution in [3.05, 3.63) is 168 Å². The van der Waals surface area contributed by atoms with Gasteiger partial charge in [0.25, 0.3) is 0 Å². The van der Waals surface area contributed by atoms with Gasteiger partial charge in [0.1, 0.15) is 12.4 Å². The van der Waals surface area contributed by atoms with Crippen molar-refractivity contribution in [1.82, 2.24) is 0 Å². The second kappa shape index (κ2) is 10.9. The first-order chi connectivity index (χ1) is 23.5. The molecule has 0 aromatic heterocycles. The maximum atomic E-state index is 6.11. The molecule has 9 rings (SSSR count). The number of anilines is 1. The monoisotopic (exact) mass is 617 g/mol. The van der Waals surface area contributed by atoms with E-state index >= 15 is 0 Å². The first-order valence-corrected chi connectivity index (χ1v) is 16.7. The van der Waals surface area contributed by atoms with Crippen LogP contribution in [0.4, 0.5) is 5.69 Å². The van der Waals surface area contributed by atoms with Gasteiger partial charge in [0, 0.05) is 5.41 Å². The van der Waals surface area contributed by atoms with Crippen LogP contribution >= 0.6 is 0 Å². The Labute approximate surface area is 281 Å². The van der Waals surface area contributed by atoms with Crippen molar-refractivity contribution in [3.8, 4) is 39.1 Å². The van der Waals surface area contributed by atoms with Crippen LogP contribution in [0.25, 0.3) is 65.7 Å². The van der Waals surface area contributed by atoms with Crippen LogP contribution in [0.3, 0.4) is 0 Å². The molecule has 0 unspecified atom stereocenters. The van der Waals surface area contributed by atoms with E-state index in [4.69, 9.17) is 10.5 Å². The average molecular weight is 618 g/mol. The Morgan fingerprint density at radius 3 is 1.65 bits per heavy atom. The molecule has 0 fully saturated rings. The summed E-state index contributed by atoms with van der Waals surface area (Å²) in [6.45, 7) is 5.21. The molecule has 230 valence electrons. The molecule has 1 aliphatic carbocycles. The van der Waals surface area contributed by atoms with E-state index in [2.05, 4.69) is 141 Å². The summed E-state index contributed by atoms with van der Waals surface area (Å²) in [4.78, 5) is 0. The summed E-state index contributed by atoms with van der Waals surface area (Å²) in [6.07, 6.45) is 0. The SMILES string of the molecule is CC1(C)c2ccccc2-c2c1cc(-c1c3ccccc3c(-c3ccc(COc4ccccc4N)cc3)c3ccccc13)c1ccccc21. The Kier molecular flexibility index (Phi) is 6.42. The van der Waals surface area contributed by atoms with Crippen molar-refractivity contribution in [2.24, 2.45) is 0 Å². The van der Waals surface area contributed by atoms with Gasteiger partial charge < -0.3 is 10.5 Å². The summed E-state index contributed by atoms with van der Waals surface area (Å²) in [5, 5.41) is 7.62. The third-order valence-electron chi connectivity index (χ3n) is 10.3. The van der Waals surface area contributed by atoms with Crippen LogP contribution in [0.15, 0.2) is 152 Å². The minimum absolute atomic E-state index is 0.103. The lowest BCUT2D eigenvalue weighted by atomic mass is 9.79. The number of hydrogen-bond donors (Lipinski definition) is 1. The van der Waals surface area contributed by atoms with E-state index in [0.717, 1.165) is 5.56 Å². The maximum absolute atomic E-state index is 6.11. The van der Waals surface area contributed by atoms with Crippen LogP contribution in [-0.4, -0.2) is 0 Å². The van der Waals surface area contributed by atoms with Crippen molar-refractivity contribution in [2.75, 3.05) is 5.73 Å². The molecule has 0 saturated carbocycles. The van der Waals surface area contributed by atoms with Crippen LogP contribution in [0.2, 0.25) is 0 Å². The van der Waals surface area contributed by atoms with Crippen molar-refractivity contribution in [1.29, 1.82) is 0 Å². The molecule has 48 heavy (non-hydrogen) atoms. The number of para-hydroxylation sites is 2. The number of hydrogen-bond acceptors (Lipinski definition) is 2. The third kappa shape index (κ3) is 4.26. The molecule has 0 atom stereocenters. The van der Waals surface area contributed by atoms with Crippen LogP contribution < -0.4 is 10.5 Å². The van der Waals surface area contributed by atoms with Gasteiger partial charge in [-0.15, -0.1) is 0 Å². The number of rotatable bonds is 5. The molecule has 0 heterocycles. The molecule has 0 saturated heterocycles. The number of nitrogens with two attached hydrogens (primary N) is 1. The van der Waals surface area contributed by atoms with E-state index in [1.54, 1.807) is 0 Å². The van der Waals surface area contributed by atoms with E-state index in [-0.39, 0.29) is 5.41 Å². The summed E-state index contributed by atoms with van der Waals surface area (Å²) in [7, 11) is 0. The highest BCUT2D eigenvalue weighted by molar-refractivity contribution is 6.24. The number of ether oxygens (including phenoxy) is 1. The van der Waals surface area contributed by atoms with Crippen molar-refractivity contribution in [3.63, 3.8) is 0 Å². The maximum Gasteiger partial charge on any atom is 0.142 e. The molecular weight excluding hydrogens is 583 g/mol. The highest BCUT2D eigenvalue weighted by Crippen LogP contribution is 2.54. The smallest absolute Gasteiger partial charge is 0.142 e. The molecule has 1 aliphatic rings. The topological polar surface area (TPSA) is 35.2 Å². The summed E-state index contributed by atoms with van der Waals surface area (Å²) in [6, 6.07) is 54.7. The number of nitrogen functional groups attached to an aromatic ring is 1. The molecule has 8 aromatic rings. The lowest BCUT2D eigenvalue weighted by Crippen LogP contribution is -2.15. The Balaban J connectivity index is 1.26. The highest BCUT2D eigenvalue weighted by atomic mass is 16.5. The second-order valence-electron chi connectivity index (χ2n) is 13.4. The zero-order valence-corrected chi connectivity index (χ0v) is 27.1. The zero-order valence-electron chi connectivity index (χ0n) is 27.1. The fourth-order valence-electron chi connectivity index (χ4n) is 8.03. The average Bonchev–Trinajstić information content (AvgIpc) is 3.36. The molecule has 2 N–H and O–H groups in total. The minimum atomic E-state index is -0.103. The molecular formula is C46H35NO. The summed E-state index contributed by atoms with van der Waals surface area (Å²) >= 11 is 0. The lowest BCUT2D eigenvalue weighted by Gasteiger charge is -2.24. The van der Waals surface area contributed by atoms with Crippen LogP contribution in [-0.2, 0) is 12.0 Å². The summed E-state index contributed by atoms with van der Waals surface area (Å²) in [5.41, 5.74) is 18.3. The lowest BCUT2D eigenvalue weighted by molar-refractivity contribution is 0.308. The quantitative estimate of drug-likeness (QED) is 0.154. The largest absolute Gasteiger partial charge is 0.487 e. The van der Waals surface area contributed by atoms with E-state index in [1.165, 1.54) is 76.8 Å². The normalized spacial score (nSPS) is 13.1. The fraction of sp³-hybridized carbons (Fsp3) is 0.0870. The van der Waals surface area contributed by atoms with Gasteiger partial charge in [-0.25, -0.2) is 0 Å². The molecule has 0 radical (unpaired) electrons. The Hall–Kier alpha value is -5.86. The molecule has 0 aliphatic heterocycles. The molecule has 8 aromatic carbocycles. The van der Waals surface area contributed by atoms with Gasteiger partial charge in [-0.3, -0.25) is 0 Å². The van der Waals surface area contributed by atoms with E-state index < -0.39 is 0 Å². The Morgan fingerprint density at radius 1 is 0.479 bits per heavy atom. The van der Waals surface area contributed by atoms with Gasteiger partial charge in [0.2, 0.25) is 0 Å². The summed E-state index contributed by atoms with van der Waals surface area (Å²) in [5.74, 6) is 0.709. The Morgan fingerprint density at radius 2 is 1.00 bits per heavy atom. The molecule has 0 bridgehead atoms. The zero-order chi connectivity index (χ0) is 32.4. The standard InChI is InChI=1S/C46H35NO/c1-46(2)39-20-10-9-19-37(39)45-32-14-4-3-13-31(32)38(27-40(45)46)44-35-17-7-5-15-33(35)43(34-16-6-8-18-36(34)44)30-25-23-29(24-26-30)28-48-42-22-12-11-21-41(42)47/h3-27H,28,47H2,1-2H3. The number of benzene rings is 8. The van der Waals surface area contributed by atoms with E-state index in [1.807, 2.05) is 24.3 Å². The van der Waals surface area contributed by atoms with E-state index in [9.17, 15) is 0 Å². The van der Waals surface area contributed by atoms with Gasteiger partial charge in [0.05, 0.1) is 5.69 Å². The van der Waals surface area contributed by atoms with Gasteiger partial charge in [-0.05, 0) is 101 Å². The minimum Gasteiger partial charge on any atom is -0.487 e. The summed E-state index contributed by atoms with van der Waals surface area (Å²) < 4.78 is 6.05. The van der Waals surface area contributed by atoms with E-state index in [0.29, 0.717) is 18.0 Å². The van der Waals surface area contributed by atoms with Crippen LogP contribution in [0, 0.1) is 0 Å². The van der Waals surface area contributed by atoms with Gasteiger partial charge in [-0.2, -0.15) is 0 Å². The Bertz CT molecular complexity index is 2480. The third-order valence-corrected chi connectivity index (χ3v) is 10.3. The van der Waals surface area contributed by atoms with Crippen molar-refractivity contribution in [2.45, 2.75) is 25.9 Å². The fourth-order valence-corrected chi connectivity index (χ4v) is 8.03. The molecule has 0 amide bonds.